The van der Waals surface area contributed by atoms with E-state index in [1.807, 2.05) is 6.07 Å². The highest BCUT2D eigenvalue weighted by atomic mass is 16.2. The van der Waals surface area contributed by atoms with Gasteiger partial charge in [0.15, 0.2) is 5.82 Å². The number of aromatic nitrogens is 1. The van der Waals surface area contributed by atoms with Crippen molar-refractivity contribution >= 4 is 29.1 Å². The van der Waals surface area contributed by atoms with Crippen LogP contribution < -0.4 is 15.5 Å². The van der Waals surface area contributed by atoms with E-state index in [4.69, 9.17) is 0 Å². The van der Waals surface area contributed by atoms with Crippen LogP contribution in [0.1, 0.15) is 49.9 Å². The lowest BCUT2D eigenvalue weighted by atomic mass is 10.1. The van der Waals surface area contributed by atoms with Gasteiger partial charge in [0.05, 0.1) is 16.9 Å². The summed E-state index contributed by atoms with van der Waals surface area (Å²) in [6, 6.07) is 10.9. The Hall–Kier alpha value is -2.97. The molecular weight excluding hydrogens is 428 g/mol. The van der Waals surface area contributed by atoms with E-state index < -0.39 is 0 Å². The lowest BCUT2D eigenvalue weighted by Gasteiger charge is -2.31. The van der Waals surface area contributed by atoms with Crippen molar-refractivity contribution in [2.24, 2.45) is 0 Å². The topological polar surface area (TPSA) is 80.8 Å². The fourth-order valence-corrected chi connectivity index (χ4v) is 5.05. The minimum atomic E-state index is -0.279. The summed E-state index contributed by atoms with van der Waals surface area (Å²) in [5.41, 5.74) is 1.50. The number of benzene rings is 1. The van der Waals surface area contributed by atoms with Crippen LogP contribution in [0.2, 0.25) is 0 Å². The van der Waals surface area contributed by atoms with Crippen molar-refractivity contribution in [3.05, 3.63) is 48.2 Å². The number of carbonyl (C=O) groups is 2. The third-order valence-electron chi connectivity index (χ3n) is 6.56. The van der Waals surface area contributed by atoms with Gasteiger partial charge in [0.1, 0.15) is 0 Å². The molecule has 182 valence electrons. The maximum atomic E-state index is 13.4. The number of nitrogens with zero attached hydrogens (tertiary/aromatic N) is 4. The molecule has 0 radical (unpaired) electrons. The molecule has 1 unspecified atom stereocenters. The molecule has 8 nitrogen and oxygen atoms in total. The monoisotopic (exact) mass is 464 g/mol. The van der Waals surface area contributed by atoms with Crippen LogP contribution in [-0.4, -0.2) is 72.0 Å². The zero-order valence-electron chi connectivity index (χ0n) is 20.3. The SMILES string of the molecule is CCCN(CCC)CC1CCCN1CCNC(=O)N1c2ccccc2C(=O)Nc2cccnc21. The number of hydrogen-bond donors (Lipinski definition) is 2. The van der Waals surface area contributed by atoms with Gasteiger partial charge in [-0.25, -0.2) is 14.7 Å². The van der Waals surface area contributed by atoms with Crippen molar-refractivity contribution in [1.82, 2.24) is 20.1 Å². The molecule has 1 aromatic heterocycles. The second-order valence-electron chi connectivity index (χ2n) is 9.05. The molecule has 1 fully saturated rings. The highest BCUT2D eigenvalue weighted by Crippen LogP contribution is 2.36. The van der Waals surface area contributed by atoms with E-state index in [2.05, 4.69) is 39.3 Å². The van der Waals surface area contributed by atoms with Gasteiger partial charge in [-0.15, -0.1) is 0 Å². The van der Waals surface area contributed by atoms with Crippen molar-refractivity contribution in [3.63, 3.8) is 0 Å². The smallest absolute Gasteiger partial charge is 0.327 e. The average molecular weight is 465 g/mol. The molecule has 2 aliphatic heterocycles. The first-order valence-electron chi connectivity index (χ1n) is 12.5. The molecule has 0 spiro atoms. The van der Waals surface area contributed by atoms with Gasteiger partial charge in [-0.1, -0.05) is 26.0 Å². The zero-order chi connectivity index (χ0) is 23.9. The van der Waals surface area contributed by atoms with E-state index in [0.29, 0.717) is 35.3 Å². The van der Waals surface area contributed by atoms with Crippen molar-refractivity contribution in [3.8, 4) is 0 Å². The Bertz CT molecular complexity index is 991. The number of amides is 3. The number of nitrogens with one attached hydrogen (secondary N) is 2. The zero-order valence-corrected chi connectivity index (χ0v) is 20.3. The summed E-state index contributed by atoms with van der Waals surface area (Å²) >= 11 is 0. The summed E-state index contributed by atoms with van der Waals surface area (Å²) in [6.07, 6.45) is 6.39. The first-order chi connectivity index (χ1) is 16.6. The second kappa shape index (κ2) is 11.4. The molecule has 4 rings (SSSR count). The Morgan fingerprint density at radius 3 is 2.76 bits per heavy atom. The lowest BCUT2D eigenvalue weighted by molar-refractivity contribution is 0.102. The van der Waals surface area contributed by atoms with Gasteiger partial charge in [-0.2, -0.15) is 0 Å². The van der Waals surface area contributed by atoms with Gasteiger partial charge in [-0.3, -0.25) is 9.69 Å². The highest BCUT2D eigenvalue weighted by Gasteiger charge is 2.31. The van der Waals surface area contributed by atoms with Crippen LogP contribution in [0.4, 0.5) is 22.0 Å². The number of urea groups is 1. The maximum Gasteiger partial charge on any atom is 0.327 e. The lowest BCUT2D eigenvalue weighted by Crippen LogP contribution is -2.45. The Labute approximate surface area is 202 Å². The number of rotatable bonds is 9. The summed E-state index contributed by atoms with van der Waals surface area (Å²) in [7, 11) is 0. The number of pyridine rings is 1. The van der Waals surface area contributed by atoms with Crippen LogP contribution in [-0.2, 0) is 0 Å². The third kappa shape index (κ3) is 5.39. The first kappa shape index (κ1) is 24.2. The van der Waals surface area contributed by atoms with Gasteiger partial charge in [0.2, 0.25) is 0 Å². The fraction of sp³-hybridized carbons (Fsp3) is 0.500. The van der Waals surface area contributed by atoms with Gasteiger partial charge in [-0.05, 0) is 69.6 Å². The Kier molecular flexibility index (Phi) is 8.13. The van der Waals surface area contributed by atoms with E-state index >= 15 is 0 Å². The molecule has 2 N–H and O–H groups in total. The molecule has 3 amide bonds. The van der Waals surface area contributed by atoms with Crippen molar-refractivity contribution < 1.29 is 9.59 Å². The summed E-state index contributed by atoms with van der Waals surface area (Å²) in [5, 5.41) is 5.95. The molecule has 2 aromatic rings. The van der Waals surface area contributed by atoms with Crippen molar-refractivity contribution in [1.29, 1.82) is 0 Å². The minimum Gasteiger partial charge on any atom is -0.336 e. The van der Waals surface area contributed by atoms with Crippen LogP contribution in [0.5, 0.6) is 0 Å². The fourth-order valence-electron chi connectivity index (χ4n) is 5.05. The van der Waals surface area contributed by atoms with Crippen molar-refractivity contribution in [2.45, 2.75) is 45.6 Å². The molecular formula is C26H36N6O2. The normalized spacial score (nSPS) is 17.8. The van der Waals surface area contributed by atoms with Crippen LogP contribution in [0.25, 0.3) is 0 Å². The Balaban J connectivity index is 1.43. The molecule has 8 heteroatoms. The number of likely N-dealkylation sites (tertiary alicyclic amines) is 1. The highest BCUT2D eigenvalue weighted by molar-refractivity contribution is 6.16. The number of fused-ring (bicyclic) bond motifs is 2. The predicted octanol–water partition coefficient (Wildman–Crippen LogP) is 4.08. The Morgan fingerprint density at radius 2 is 1.97 bits per heavy atom. The average Bonchev–Trinajstić information content (AvgIpc) is 3.22. The van der Waals surface area contributed by atoms with Gasteiger partial charge >= 0.3 is 6.03 Å². The first-order valence-corrected chi connectivity index (χ1v) is 12.5. The van der Waals surface area contributed by atoms with Gasteiger partial charge < -0.3 is 15.5 Å². The summed E-state index contributed by atoms with van der Waals surface area (Å²) in [4.78, 5) is 37.1. The molecule has 1 atom stereocenters. The number of hydrogen-bond acceptors (Lipinski definition) is 5. The molecule has 0 saturated carbocycles. The van der Waals surface area contributed by atoms with E-state index in [1.54, 1.807) is 36.5 Å². The number of para-hydroxylation sites is 1. The van der Waals surface area contributed by atoms with E-state index in [1.165, 1.54) is 30.6 Å². The predicted molar refractivity (Wildman–Crippen MR) is 136 cm³/mol. The van der Waals surface area contributed by atoms with Crippen LogP contribution in [0.15, 0.2) is 42.6 Å². The number of anilines is 3. The van der Waals surface area contributed by atoms with Crippen LogP contribution in [0.3, 0.4) is 0 Å². The summed E-state index contributed by atoms with van der Waals surface area (Å²) in [6.45, 7) is 10.3. The Morgan fingerprint density at radius 1 is 1.18 bits per heavy atom. The molecule has 2 aliphatic rings. The third-order valence-corrected chi connectivity index (χ3v) is 6.56. The molecule has 1 saturated heterocycles. The standard InChI is InChI=1S/C26H36N6O2/c1-3-15-30(16-4-2)19-20-9-8-17-31(20)18-14-28-26(34)32-23-12-6-5-10-21(23)25(33)29-22-11-7-13-27-24(22)32/h5-7,10-13,20H,3-4,8-9,14-19H2,1-2H3,(H,28,34)(H,29,33). The molecule has 3 heterocycles. The maximum absolute atomic E-state index is 13.4. The molecule has 34 heavy (non-hydrogen) atoms. The van der Waals surface area contributed by atoms with E-state index in [9.17, 15) is 9.59 Å². The molecule has 0 bridgehead atoms. The quantitative estimate of drug-likeness (QED) is 0.584. The molecule has 0 aliphatic carbocycles. The van der Waals surface area contributed by atoms with Crippen LogP contribution in [0, 0.1) is 0 Å². The largest absolute Gasteiger partial charge is 0.336 e. The van der Waals surface area contributed by atoms with Gasteiger partial charge in [0, 0.05) is 31.9 Å². The van der Waals surface area contributed by atoms with Gasteiger partial charge in [0.25, 0.3) is 5.91 Å². The summed E-state index contributed by atoms with van der Waals surface area (Å²) < 4.78 is 0. The molecule has 1 aromatic carbocycles. The minimum absolute atomic E-state index is 0.247. The second-order valence-corrected chi connectivity index (χ2v) is 9.05. The van der Waals surface area contributed by atoms with E-state index in [-0.39, 0.29) is 11.9 Å². The summed E-state index contributed by atoms with van der Waals surface area (Å²) in [5.74, 6) is 0.177. The van der Waals surface area contributed by atoms with Crippen molar-refractivity contribution in [2.75, 3.05) is 49.5 Å². The number of carbonyl (C=O) groups excluding carboxylic acids is 2. The van der Waals surface area contributed by atoms with E-state index in [0.717, 1.165) is 32.7 Å². The van der Waals surface area contributed by atoms with Crippen LogP contribution >= 0.6 is 0 Å².